The molecule has 0 saturated carbocycles. The molecule has 0 unspecified atom stereocenters. The fraction of sp³-hybridized carbons (Fsp3) is 0.0556. The van der Waals surface area contributed by atoms with E-state index < -0.39 is 11.7 Å². The number of rotatable bonds is 4. The summed E-state index contributed by atoms with van der Waals surface area (Å²) in [6.07, 6.45) is 1.36. The molecule has 0 spiro atoms. The fourth-order valence-electron chi connectivity index (χ4n) is 2.62. The summed E-state index contributed by atoms with van der Waals surface area (Å²) in [7, 11) is 0. The van der Waals surface area contributed by atoms with Crippen LogP contribution in [-0.2, 0) is 11.3 Å². The lowest BCUT2D eigenvalue weighted by Gasteiger charge is -2.08. The van der Waals surface area contributed by atoms with Crippen molar-refractivity contribution in [3.05, 3.63) is 68.6 Å². The van der Waals surface area contributed by atoms with Gasteiger partial charge in [-0.3, -0.25) is 14.2 Å². The molecule has 3 heterocycles. The number of nitrogens with zero attached hydrogens (tertiary/aromatic N) is 2. The smallest absolute Gasteiger partial charge is 0.263 e. The molecule has 27 heavy (non-hydrogen) atoms. The first-order valence-corrected chi connectivity index (χ1v) is 9.92. The molecule has 0 aliphatic carbocycles. The monoisotopic (exact) mass is 419 g/mol. The Morgan fingerprint density at radius 1 is 1.30 bits per heavy atom. The second-order valence-corrected chi connectivity index (χ2v) is 7.87. The Kier molecular flexibility index (Phi) is 4.77. The van der Waals surface area contributed by atoms with Gasteiger partial charge in [0, 0.05) is 21.5 Å². The van der Waals surface area contributed by atoms with E-state index in [1.807, 2.05) is 22.9 Å². The number of aromatic nitrogens is 2. The van der Waals surface area contributed by atoms with Crippen molar-refractivity contribution in [3.8, 4) is 10.4 Å². The van der Waals surface area contributed by atoms with Crippen molar-refractivity contribution >= 4 is 56.1 Å². The SMILES string of the molecule is O=C(Cn1cnc2scc(-c3cccs3)c2c1=O)Nc1ccc(F)c(Cl)c1. The normalized spacial score (nSPS) is 11.0. The highest BCUT2D eigenvalue weighted by atomic mass is 35.5. The summed E-state index contributed by atoms with van der Waals surface area (Å²) < 4.78 is 14.5. The number of hydrogen-bond donors (Lipinski definition) is 1. The van der Waals surface area contributed by atoms with Crippen LogP contribution >= 0.6 is 34.3 Å². The maximum atomic E-state index is 13.2. The number of amides is 1. The number of fused-ring (bicyclic) bond motifs is 1. The molecule has 5 nitrogen and oxygen atoms in total. The van der Waals surface area contributed by atoms with Crippen LogP contribution < -0.4 is 10.9 Å². The summed E-state index contributed by atoms with van der Waals surface area (Å²) in [6.45, 7) is -0.212. The summed E-state index contributed by atoms with van der Waals surface area (Å²) in [4.78, 5) is 31.1. The van der Waals surface area contributed by atoms with Gasteiger partial charge in [0.05, 0.1) is 16.7 Å². The van der Waals surface area contributed by atoms with Crippen LogP contribution in [0.5, 0.6) is 0 Å². The Morgan fingerprint density at radius 2 is 2.15 bits per heavy atom. The van der Waals surface area contributed by atoms with E-state index in [-0.39, 0.29) is 17.1 Å². The van der Waals surface area contributed by atoms with Gasteiger partial charge in [-0.1, -0.05) is 17.7 Å². The maximum absolute atomic E-state index is 13.2. The minimum Gasteiger partial charge on any atom is -0.324 e. The van der Waals surface area contributed by atoms with Crippen LogP contribution in [0.3, 0.4) is 0 Å². The Labute approximate surface area is 165 Å². The Hall–Kier alpha value is -2.55. The maximum Gasteiger partial charge on any atom is 0.263 e. The number of halogens is 2. The van der Waals surface area contributed by atoms with Gasteiger partial charge in [0.15, 0.2) is 0 Å². The molecule has 0 radical (unpaired) electrons. The number of carbonyl (C=O) groups excluding carboxylic acids is 1. The van der Waals surface area contributed by atoms with Gasteiger partial charge in [-0.05, 0) is 29.6 Å². The first kappa shape index (κ1) is 17.8. The summed E-state index contributed by atoms with van der Waals surface area (Å²) in [6, 6.07) is 7.73. The van der Waals surface area contributed by atoms with Crippen LogP contribution in [0, 0.1) is 5.82 Å². The van der Waals surface area contributed by atoms with Crippen molar-refractivity contribution in [1.82, 2.24) is 9.55 Å². The van der Waals surface area contributed by atoms with Gasteiger partial charge in [0.25, 0.3) is 5.56 Å². The molecule has 0 aliphatic rings. The van der Waals surface area contributed by atoms with Gasteiger partial charge in [-0.15, -0.1) is 22.7 Å². The van der Waals surface area contributed by atoms with Crippen molar-refractivity contribution < 1.29 is 9.18 Å². The van der Waals surface area contributed by atoms with E-state index >= 15 is 0 Å². The van der Waals surface area contributed by atoms with Gasteiger partial charge >= 0.3 is 0 Å². The van der Waals surface area contributed by atoms with E-state index in [0.29, 0.717) is 15.9 Å². The molecule has 0 aliphatic heterocycles. The van der Waals surface area contributed by atoms with E-state index in [9.17, 15) is 14.0 Å². The Bertz CT molecular complexity index is 1200. The van der Waals surface area contributed by atoms with E-state index in [1.54, 1.807) is 0 Å². The van der Waals surface area contributed by atoms with E-state index in [2.05, 4.69) is 10.3 Å². The van der Waals surface area contributed by atoms with E-state index in [1.165, 1.54) is 45.7 Å². The van der Waals surface area contributed by atoms with Crippen LogP contribution in [0.15, 0.2) is 52.2 Å². The second kappa shape index (κ2) is 7.22. The molecule has 1 amide bonds. The summed E-state index contributed by atoms with van der Waals surface area (Å²) in [5, 5.41) is 6.85. The summed E-state index contributed by atoms with van der Waals surface area (Å²) in [5.74, 6) is -1.01. The third kappa shape index (κ3) is 3.51. The molecule has 3 aromatic heterocycles. The number of nitrogens with one attached hydrogen (secondary N) is 1. The van der Waals surface area contributed by atoms with Gasteiger partial charge in [-0.25, -0.2) is 9.37 Å². The van der Waals surface area contributed by atoms with Gasteiger partial charge in [-0.2, -0.15) is 0 Å². The molecule has 9 heteroatoms. The molecular formula is C18H11ClFN3O2S2. The Balaban J connectivity index is 1.63. The Morgan fingerprint density at radius 3 is 2.89 bits per heavy atom. The topological polar surface area (TPSA) is 64.0 Å². The molecule has 0 atom stereocenters. The third-order valence-electron chi connectivity index (χ3n) is 3.86. The minimum absolute atomic E-state index is 0.0908. The van der Waals surface area contributed by atoms with Crippen molar-refractivity contribution in [2.45, 2.75) is 6.54 Å². The van der Waals surface area contributed by atoms with Gasteiger partial charge in [0.2, 0.25) is 5.91 Å². The quantitative estimate of drug-likeness (QED) is 0.525. The highest BCUT2D eigenvalue weighted by molar-refractivity contribution is 7.18. The van der Waals surface area contributed by atoms with E-state index in [0.717, 1.165) is 16.5 Å². The van der Waals surface area contributed by atoms with Crippen molar-refractivity contribution in [1.29, 1.82) is 0 Å². The molecule has 0 fully saturated rings. The van der Waals surface area contributed by atoms with Crippen LogP contribution in [0.2, 0.25) is 5.02 Å². The number of anilines is 1. The van der Waals surface area contributed by atoms with Crippen molar-refractivity contribution in [3.63, 3.8) is 0 Å². The van der Waals surface area contributed by atoms with Gasteiger partial charge in [0.1, 0.15) is 17.2 Å². The first-order valence-electron chi connectivity index (χ1n) is 7.78. The van der Waals surface area contributed by atoms with Crippen LogP contribution in [-0.4, -0.2) is 15.5 Å². The predicted molar refractivity (Wildman–Crippen MR) is 107 cm³/mol. The molecule has 0 bridgehead atoms. The number of hydrogen-bond acceptors (Lipinski definition) is 5. The molecule has 136 valence electrons. The van der Waals surface area contributed by atoms with Gasteiger partial charge < -0.3 is 5.32 Å². The van der Waals surface area contributed by atoms with E-state index in [4.69, 9.17) is 11.6 Å². The zero-order valence-electron chi connectivity index (χ0n) is 13.6. The molecule has 1 aromatic carbocycles. The first-order chi connectivity index (χ1) is 13.0. The number of benzene rings is 1. The molecule has 4 rings (SSSR count). The minimum atomic E-state index is -0.570. The summed E-state index contributed by atoms with van der Waals surface area (Å²) in [5.41, 5.74) is 0.891. The largest absolute Gasteiger partial charge is 0.324 e. The standard InChI is InChI=1S/C18H11ClFN3O2S2/c19-12-6-10(3-4-13(12)20)22-15(24)7-23-9-21-17-16(18(23)25)11(8-27-17)14-2-1-5-26-14/h1-6,8-9H,7H2,(H,22,24). The van der Waals surface area contributed by atoms with Crippen molar-refractivity contribution in [2.75, 3.05) is 5.32 Å². The molecule has 0 saturated heterocycles. The average molecular weight is 420 g/mol. The zero-order valence-corrected chi connectivity index (χ0v) is 16.0. The lowest BCUT2D eigenvalue weighted by molar-refractivity contribution is -0.116. The number of carbonyl (C=O) groups is 1. The predicted octanol–water partition coefficient (Wildman–Crippen LogP) is 4.62. The fourth-order valence-corrected chi connectivity index (χ4v) is 4.52. The molecular weight excluding hydrogens is 409 g/mol. The highest BCUT2D eigenvalue weighted by Crippen LogP contribution is 2.33. The average Bonchev–Trinajstić information content (AvgIpc) is 3.30. The molecule has 4 aromatic rings. The van der Waals surface area contributed by atoms with Crippen LogP contribution in [0.1, 0.15) is 0 Å². The third-order valence-corrected chi connectivity index (χ3v) is 5.94. The zero-order chi connectivity index (χ0) is 19.0. The lowest BCUT2D eigenvalue weighted by atomic mass is 10.2. The van der Waals surface area contributed by atoms with Crippen molar-refractivity contribution in [2.24, 2.45) is 0 Å². The van der Waals surface area contributed by atoms with Crippen LogP contribution in [0.4, 0.5) is 10.1 Å². The highest BCUT2D eigenvalue weighted by Gasteiger charge is 2.15. The second-order valence-electron chi connectivity index (χ2n) is 5.66. The lowest BCUT2D eigenvalue weighted by Crippen LogP contribution is -2.27. The van der Waals surface area contributed by atoms with Crippen LogP contribution in [0.25, 0.3) is 20.7 Å². The molecule has 1 N–H and O–H groups in total. The number of thiophene rings is 2. The summed E-state index contributed by atoms with van der Waals surface area (Å²) >= 11 is 8.64.